The molecule has 1 rings (SSSR count). The fourth-order valence-electron chi connectivity index (χ4n) is 1.11. The van der Waals surface area contributed by atoms with Gasteiger partial charge in [-0.15, -0.1) is 0 Å². The molecular weight excluding hydrogens is 236 g/mol. The maximum absolute atomic E-state index is 6.12. The minimum absolute atomic E-state index is 0.256. The predicted molar refractivity (Wildman–Crippen MR) is 73.4 cm³/mol. The average Bonchev–Trinajstić information content (AvgIpc) is 2.13. The Balaban J connectivity index is 2.65. The summed E-state index contributed by atoms with van der Waals surface area (Å²) in [5.74, 6) is 0. The molecule has 1 nitrogen and oxygen atoms in total. The standard InChI is InChI=1S/C13H21ClOSi/c1-13(2,3)16(4,5)15-10-11-7-6-8-12(14)9-11/h6-9H,10H2,1-5H3. The van der Waals surface area contributed by atoms with Crippen LogP contribution in [0, 0.1) is 0 Å². The second-order valence-corrected chi connectivity index (χ2v) is 10.9. The lowest BCUT2D eigenvalue weighted by molar-refractivity contribution is 0.276. The summed E-state index contributed by atoms with van der Waals surface area (Å²) in [5.41, 5.74) is 1.15. The Morgan fingerprint density at radius 2 is 1.88 bits per heavy atom. The van der Waals surface area contributed by atoms with Crippen molar-refractivity contribution in [3.05, 3.63) is 34.9 Å². The van der Waals surface area contributed by atoms with Crippen LogP contribution in [0.3, 0.4) is 0 Å². The first kappa shape index (κ1) is 13.8. The molecule has 0 saturated carbocycles. The highest BCUT2D eigenvalue weighted by Crippen LogP contribution is 2.37. The maximum atomic E-state index is 6.12. The number of halogens is 1. The summed E-state index contributed by atoms with van der Waals surface area (Å²) in [5, 5.41) is 1.03. The van der Waals surface area contributed by atoms with Crippen molar-refractivity contribution in [1.29, 1.82) is 0 Å². The molecule has 1 aromatic carbocycles. The Hall–Kier alpha value is -0.313. The normalized spacial score (nSPS) is 12.9. The van der Waals surface area contributed by atoms with Crippen LogP contribution in [0.2, 0.25) is 23.2 Å². The molecule has 0 aliphatic rings. The number of hydrogen-bond acceptors (Lipinski definition) is 1. The molecular formula is C13H21ClOSi. The van der Waals surface area contributed by atoms with E-state index in [2.05, 4.69) is 39.9 Å². The summed E-state index contributed by atoms with van der Waals surface area (Å²) in [6, 6.07) is 7.87. The van der Waals surface area contributed by atoms with Gasteiger partial charge in [0, 0.05) is 5.02 Å². The minimum Gasteiger partial charge on any atom is -0.413 e. The van der Waals surface area contributed by atoms with E-state index in [0.29, 0.717) is 6.61 Å². The van der Waals surface area contributed by atoms with Gasteiger partial charge in [0.1, 0.15) is 0 Å². The Kier molecular flexibility index (Phi) is 4.21. The van der Waals surface area contributed by atoms with E-state index in [1.165, 1.54) is 0 Å². The highest BCUT2D eigenvalue weighted by Gasteiger charge is 2.36. The fourth-order valence-corrected chi connectivity index (χ4v) is 2.28. The van der Waals surface area contributed by atoms with Crippen LogP contribution in [0.5, 0.6) is 0 Å². The van der Waals surface area contributed by atoms with E-state index in [9.17, 15) is 0 Å². The summed E-state index contributed by atoms with van der Waals surface area (Å²) in [4.78, 5) is 0. The van der Waals surface area contributed by atoms with Gasteiger partial charge in [0.2, 0.25) is 0 Å². The highest BCUT2D eigenvalue weighted by atomic mass is 35.5. The second kappa shape index (κ2) is 4.90. The summed E-state index contributed by atoms with van der Waals surface area (Å²) in [7, 11) is -1.65. The van der Waals surface area contributed by atoms with Crippen LogP contribution in [-0.4, -0.2) is 8.32 Å². The lowest BCUT2D eigenvalue weighted by atomic mass is 10.2. The molecule has 0 amide bonds. The third kappa shape index (κ3) is 3.61. The molecule has 0 radical (unpaired) electrons. The molecule has 0 saturated heterocycles. The number of rotatable bonds is 3. The van der Waals surface area contributed by atoms with Crippen molar-refractivity contribution < 1.29 is 4.43 Å². The van der Waals surface area contributed by atoms with Gasteiger partial charge < -0.3 is 4.43 Å². The van der Waals surface area contributed by atoms with E-state index in [4.69, 9.17) is 16.0 Å². The van der Waals surface area contributed by atoms with Crippen molar-refractivity contribution in [2.45, 2.75) is 45.5 Å². The zero-order chi connectivity index (χ0) is 12.4. The lowest BCUT2D eigenvalue weighted by Gasteiger charge is -2.36. The maximum Gasteiger partial charge on any atom is 0.192 e. The van der Waals surface area contributed by atoms with Gasteiger partial charge in [0.05, 0.1) is 6.61 Å². The zero-order valence-electron chi connectivity index (χ0n) is 10.8. The molecule has 0 aromatic heterocycles. The van der Waals surface area contributed by atoms with Crippen LogP contribution in [-0.2, 0) is 11.0 Å². The van der Waals surface area contributed by atoms with Crippen LogP contribution in [0.4, 0.5) is 0 Å². The Morgan fingerprint density at radius 3 is 2.38 bits per heavy atom. The molecule has 0 fully saturated rings. The van der Waals surface area contributed by atoms with Gasteiger partial charge in [-0.25, -0.2) is 0 Å². The second-order valence-electron chi connectivity index (χ2n) is 5.68. The van der Waals surface area contributed by atoms with Gasteiger partial charge in [-0.1, -0.05) is 44.5 Å². The van der Waals surface area contributed by atoms with Crippen molar-refractivity contribution in [2.75, 3.05) is 0 Å². The summed E-state index contributed by atoms with van der Waals surface area (Å²) in [6.07, 6.45) is 0. The number of benzene rings is 1. The van der Waals surface area contributed by atoms with Gasteiger partial charge in [0.15, 0.2) is 8.32 Å². The molecule has 0 unspecified atom stereocenters. The smallest absolute Gasteiger partial charge is 0.192 e. The van der Waals surface area contributed by atoms with Crippen LogP contribution >= 0.6 is 11.6 Å². The van der Waals surface area contributed by atoms with Crippen molar-refractivity contribution >= 4 is 19.9 Å². The zero-order valence-corrected chi connectivity index (χ0v) is 12.6. The largest absolute Gasteiger partial charge is 0.413 e. The predicted octanol–water partition coefficient (Wildman–Crippen LogP) is 4.86. The van der Waals surface area contributed by atoms with Crippen LogP contribution in [0.15, 0.2) is 24.3 Å². The molecule has 0 bridgehead atoms. The molecule has 16 heavy (non-hydrogen) atoms. The van der Waals surface area contributed by atoms with Crippen molar-refractivity contribution in [1.82, 2.24) is 0 Å². The molecule has 90 valence electrons. The number of hydrogen-bond donors (Lipinski definition) is 0. The lowest BCUT2D eigenvalue weighted by Crippen LogP contribution is -2.40. The first-order chi connectivity index (χ1) is 7.22. The van der Waals surface area contributed by atoms with Gasteiger partial charge >= 0.3 is 0 Å². The molecule has 0 N–H and O–H groups in total. The Labute approximate surface area is 105 Å². The first-order valence-corrected chi connectivity index (χ1v) is 8.89. The SMILES string of the molecule is CC(C)(C)[Si](C)(C)OCc1cccc(Cl)c1. The Morgan fingerprint density at radius 1 is 1.25 bits per heavy atom. The third-order valence-electron chi connectivity index (χ3n) is 3.29. The van der Waals surface area contributed by atoms with Gasteiger partial charge in [-0.05, 0) is 35.8 Å². The van der Waals surface area contributed by atoms with E-state index >= 15 is 0 Å². The average molecular weight is 257 g/mol. The van der Waals surface area contributed by atoms with Crippen molar-refractivity contribution in [3.8, 4) is 0 Å². The van der Waals surface area contributed by atoms with Crippen LogP contribution < -0.4 is 0 Å². The molecule has 0 atom stereocenters. The Bertz CT molecular complexity index is 355. The van der Waals surface area contributed by atoms with Crippen LogP contribution in [0.1, 0.15) is 26.3 Å². The van der Waals surface area contributed by atoms with Gasteiger partial charge in [-0.2, -0.15) is 0 Å². The molecule has 1 aromatic rings. The summed E-state index contributed by atoms with van der Waals surface area (Å²) >= 11 is 5.94. The fraction of sp³-hybridized carbons (Fsp3) is 0.538. The van der Waals surface area contributed by atoms with Gasteiger partial charge in [-0.3, -0.25) is 0 Å². The van der Waals surface area contributed by atoms with E-state index in [0.717, 1.165) is 10.6 Å². The van der Waals surface area contributed by atoms with E-state index in [1.807, 2.05) is 18.2 Å². The van der Waals surface area contributed by atoms with Crippen molar-refractivity contribution in [2.24, 2.45) is 0 Å². The quantitative estimate of drug-likeness (QED) is 0.702. The molecule has 3 heteroatoms. The van der Waals surface area contributed by atoms with Crippen LogP contribution in [0.25, 0.3) is 0 Å². The van der Waals surface area contributed by atoms with E-state index in [1.54, 1.807) is 0 Å². The van der Waals surface area contributed by atoms with Gasteiger partial charge in [0.25, 0.3) is 0 Å². The highest BCUT2D eigenvalue weighted by molar-refractivity contribution is 6.74. The molecule has 0 aliphatic heterocycles. The molecule has 0 spiro atoms. The van der Waals surface area contributed by atoms with E-state index in [-0.39, 0.29) is 5.04 Å². The third-order valence-corrected chi connectivity index (χ3v) is 8.01. The summed E-state index contributed by atoms with van der Waals surface area (Å²) < 4.78 is 6.12. The minimum atomic E-state index is -1.65. The first-order valence-electron chi connectivity index (χ1n) is 5.61. The van der Waals surface area contributed by atoms with Crippen molar-refractivity contribution in [3.63, 3.8) is 0 Å². The molecule has 0 aliphatic carbocycles. The molecule has 0 heterocycles. The topological polar surface area (TPSA) is 9.23 Å². The monoisotopic (exact) mass is 256 g/mol. The van der Waals surface area contributed by atoms with E-state index < -0.39 is 8.32 Å². The summed E-state index contributed by atoms with van der Waals surface area (Å²) in [6.45, 7) is 11.9.